The molecule has 0 bridgehead atoms. The van der Waals surface area contributed by atoms with Gasteiger partial charge in [0.25, 0.3) is 0 Å². The van der Waals surface area contributed by atoms with E-state index in [4.69, 9.17) is 9.05 Å². The lowest BCUT2D eigenvalue weighted by molar-refractivity contribution is -0.139. The number of hydrogen-bond acceptors (Lipinski definition) is 6. The van der Waals surface area contributed by atoms with Crippen LogP contribution < -0.4 is 15.9 Å². The van der Waals surface area contributed by atoms with Crippen molar-refractivity contribution in [3.05, 3.63) is 29.8 Å². The maximum absolute atomic E-state index is 12.2. The minimum atomic E-state index is -3.24. The highest BCUT2D eigenvalue weighted by Gasteiger charge is 2.43. The molecule has 148 valence electrons. The maximum atomic E-state index is 12.2. The molecular formula is C16H23N3O7P+. The van der Waals surface area contributed by atoms with Crippen molar-refractivity contribution in [3.63, 3.8) is 0 Å². The molecule has 4 N–H and O–H groups in total. The first kappa shape index (κ1) is 21.0. The molecule has 1 fully saturated rings. The van der Waals surface area contributed by atoms with Gasteiger partial charge in [0.2, 0.25) is 0 Å². The highest BCUT2D eigenvalue weighted by molar-refractivity contribution is 7.68. The molecule has 1 heterocycles. The molecule has 2 rings (SSSR count). The van der Waals surface area contributed by atoms with E-state index in [9.17, 15) is 24.4 Å². The summed E-state index contributed by atoms with van der Waals surface area (Å²) in [6, 6.07) is 3.19. The molecule has 10 nitrogen and oxygen atoms in total. The van der Waals surface area contributed by atoms with Crippen molar-refractivity contribution in [2.45, 2.75) is 19.9 Å². The van der Waals surface area contributed by atoms with Gasteiger partial charge in [-0.25, -0.2) is 19.3 Å². The number of amides is 4. The number of carboxylic acids is 1. The Morgan fingerprint density at radius 3 is 2.30 bits per heavy atom. The molecule has 1 aliphatic heterocycles. The molecule has 1 atom stereocenters. The molecule has 1 aromatic rings. The Kier molecular flexibility index (Phi) is 7.09. The molecule has 0 aliphatic carbocycles. The van der Waals surface area contributed by atoms with Gasteiger partial charge in [0.15, 0.2) is 11.3 Å². The normalized spacial score (nSPS) is 15.4. The van der Waals surface area contributed by atoms with Gasteiger partial charge < -0.3 is 15.7 Å². The van der Waals surface area contributed by atoms with Crippen molar-refractivity contribution in [2.24, 2.45) is 0 Å². The topological polar surface area (TPSA) is 137 Å². The highest BCUT2D eigenvalue weighted by Crippen LogP contribution is 2.55. The van der Waals surface area contributed by atoms with Crippen LogP contribution in [0.5, 0.6) is 0 Å². The van der Waals surface area contributed by atoms with Crippen LogP contribution in [0.3, 0.4) is 0 Å². The van der Waals surface area contributed by atoms with Gasteiger partial charge in [-0.1, -0.05) is 12.1 Å². The number of aliphatic carboxylic acids is 1. The predicted octanol–water partition coefficient (Wildman–Crippen LogP) is 1.00. The number of imide groups is 1. The predicted molar refractivity (Wildman–Crippen MR) is 97.5 cm³/mol. The van der Waals surface area contributed by atoms with Crippen LogP contribution in [0.15, 0.2) is 24.3 Å². The Balaban J connectivity index is 2.19. The first-order valence-electron chi connectivity index (χ1n) is 8.42. The molecule has 0 spiro atoms. The van der Waals surface area contributed by atoms with Gasteiger partial charge in [-0.3, -0.25) is 0 Å². The van der Waals surface area contributed by atoms with E-state index < -0.39 is 32.0 Å². The fourth-order valence-electron chi connectivity index (χ4n) is 2.55. The van der Waals surface area contributed by atoms with Crippen molar-refractivity contribution in [3.8, 4) is 0 Å². The number of carbonyl (C=O) groups is 3. The number of nitrogens with zero attached hydrogens (tertiary/aromatic N) is 1. The van der Waals surface area contributed by atoms with E-state index in [-0.39, 0.29) is 25.3 Å². The molecule has 11 heteroatoms. The van der Waals surface area contributed by atoms with Crippen LogP contribution in [0.2, 0.25) is 0 Å². The zero-order chi connectivity index (χ0) is 20.0. The van der Waals surface area contributed by atoms with Crippen LogP contribution in [0.4, 0.5) is 9.59 Å². The van der Waals surface area contributed by atoms with Crippen molar-refractivity contribution >= 4 is 31.3 Å². The van der Waals surface area contributed by atoms with Gasteiger partial charge in [0.05, 0.1) is 13.2 Å². The van der Waals surface area contributed by atoms with Gasteiger partial charge in [-0.2, -0.15) is 13.9 Å². The van der Waals surface area contributed by atoms with E-state index in [1.54, 1.807) is 13.8 Å². The lowest BCUT2D eigenvalue weighted by atomic mass is 10.1. The molecule has 0 aromatic heterocycles. The van der Waals surface area contributed by atoms with Gasteiger partial charge in [-0.15, -0.1) is 0 Å². The molecule has 0 unspecified atom stereocenters. The summed E-state index contributed by atoms with van der Waals surface area (Å²) < 4.78 is 10.7. The Bertz CT molecular complexity index is 692. The summed E-state index contributed by atoms with van der Waals surface area (Å²) in [6.45, 7) is 4.42. The lowest BCUT2D eigenvalue weighted by Gasteiger charge is -2.20. The maximum Gasteiger partial charge on any atom is 0.446 e. The Labute approximate surface area is 157 Å². The largest absolute Gasteiger partial charge is 0.479 e. The standard InChI is InChI=1S/C16H22N3O7P/c1-3-25-27(24,26-4-2)12-7-5-11(6-8-12)13(14(20)21)18-16(23)19-10-9-17-15(19)22/h5-8,13,24H,3-4,9-10H2,1-2H3,(H2-,17,18,20,21,22,23)/p+1/t13-/m1/s1. The van der Waals surface area contributed by atoms with Gasteiger partial charge in [0.1, 0.15) is 0 Å². The fraction of sp³-hybridized carbons (Fsp3) is 0.438. The van der Waals surface area contributed by atoms with Crippen molar-refractivity contribution < 1.29 is 33.4 Å². The van der Waals surface area contributed by atoms with E-state index in [1.807, 2.05) is 0 Å². The van der Waals surface area contributed by atoms with Crippen molar-refractivity contribution in [1.82, 2.24) is 15.5 Å². The fourth-order valence-corrected chi connectivity index (χ4v) is 4.14. The number of carboxylic acid groups (broad SMARTS) is 1. The average Bonchev–Trinajstić information content (AvgIpc) is 3.06. The van der Waals surface area contributed by atoms with Crippen LogP contribution in [0.25, 0.3) is 0 Å². The van der Waals surface area contributed by atoms with Crippen LogP contribution in [-0.4, -0.2) is 59.2 Å². The Hall–Kier alpha value is -2.26. The molecule has 27 heavy (non-hydrogen) atoms. The number of rotatable bonds is 8. The molecule has 4 amide bonds. The van der Waals surface area contributed by atoms with Crippen LogP contribution in [-0.2, 0) is 13.8 Å². The second-order valence-electron chi connectivity index (χ2n) is 5.55. The summed E-state index contributed by atoms with van der Waals surface area (Å²) in [5.41, 5.74) is 0.277. The first-order valence-corrected chi connectivity index (χ1v) is 10.00. The SMILES string of the molecule is CCO[P+](O)(OCC)c1ccc([C@@H](NC(=O)N2CCNC2=O)C(=O)O)cc1. The van der Waals surface area contributed by atoms with Crippen LogP contribution in [0.1, 0.15) is 25.5 Å². The third kappa shape index (κ3) is 4.92. The third-order valence-electron chi connectivity index (χ3n) is 3.78. The Morgan fingerprint density at radius 1 is 1.26 bits per heavy atom. The van der Waals surface area contributed by atoms with Gasteiger partial charge in [0, 0.05) is 13.1 Å². The second kappa shape index (κ2) is 9.09. The second-order valence-corrected chi connectivity index (χ2v) is 7.63. The third-order valence-corrected chi connectivity index (χ3v) is 5.94. The number of benzene rings is 1. The van der Waals surface area contributed by atoms with E-state index in [0.717, 1.165) is 4.90 Å². The lowest BCUT2D eigenvalue weighted by Crippen LogP contribution is -2.45. The summed E-state index contributed by atoms with van der Waals surface area (Å²) in [4.78, 5) is 46.8. The zero-order valence-corrected chi connectivity index (χ0v) is 15.9. The van der Waals surface area contributed by atoms with Crippen molar-refractivity contribution in [1.29, 1.82) is 0 Å². The van der Waals surface area contributed by atoms with E-state index >= 15 is 0 Å². The minimum absolute atomic E-state index is 0.163. The summed E-state index contributed by atoms with van der Waals surface area (Å²) in [5.74, 6) is -1.28. The Morgan fingerprint density at radius 2 is 1.85 bits per heavy atom. The van der Waals surface area contributed by atoms with Crippen molar-refractivity contribution in [2.75, 3.05) is 26.3 Å². The molecule has 0 saturated carbocycles. The number of hydrogen-bond donors (Lipinski definition) is 4. The number of urea groups is 2. The van der Waals surface area contributed by atoms with Crippen LogP contribution in [0, 0.1) is 0 Å². The highest BCUT2D eigenvalue weighted by atomic mass is 31.2. The van der Waals surface area contributed by atoms with Crippen LogP contribution >= 0.6 is 7.94 Å². The summed E-state index contributed by atoms with van der Waals surface area (Å²) in [6.07, 6.45) is 0. The van der Waals surface area contributed by atoms with E-state index in [2.05, 4.69) is 10.6 Å². The van der Waals surface area contributed by atoms with Gasteiger partial charge >= 0.3 is 26.0 Å². The van der Waals surface area contributed by atoms with E-state index in [1.165, 1.54) is 24.3 Å². The smallest absolute Gasteiger partial charge is 0.446 e. The quantitative estimate of drug-likeness (QED) is 0.478. The number of nitrogens with one attached hydrogen (secondary N) is 2. The van der Waals surface area contributed by atoms with E-state index in [0.29, 0.717) is 11.8 Å². The summed E-state index contributed by atoms with van der Waals surface area (Å²) >= 11 is 0. The van der Waals surface area contributed by atoms with Gasteiger partial charge in [-0.05, 0) is 31.5 Å². The molecule has 1 aromatic carbocycles. The minimum Gasteiger partial charge on any atom is -0.479 e. The first-order chi connectivity index (χ1) is 12.8. The molecule has 1 aliphatic rings. The summed E-state index contributed by atoms with van der Waals surface area (Å²) in [7, 11) is -3.24. The average molecular weight is 400 g/mol. The molecular weight excluding hydrogens is 377 g/mol. The molecule has 0 radical (unpaired) electrons. The zero-order valence-electron chi connectivity index (χ0n) is 15.0. The monoisotopic (exact) mass is 400 g/mol. The molecule has 1 saturated heterocycles. The summed E-state index contributed by atoms with van der Waals surface area (Å²) in [5, 5.41) is 14.6. The number of carbonyl (C=O) groups excluding carboxylic acids is 2.